The van der Waals surface area contributed by atoms with E-state index in [2.05, 4.69) is 101 Å². The summed E-state index contributed by atoms with van der Waals surface area (Å²) < 4.78 is 1.20. The standard InChI is InChI=1S/C10H22N2.C9H21N2.C8H18N2.CH4/c1-9(2)11-5-7-12(8-6-11)10(3)4;1-9(2)10-5-7-11(3,4)8-6-10;1-8(2)10-6-4-9(3)5-7-10;/h9-10H,5-8H2,1-4H3;9H,5-8H2,1-4H3;8H,4-7H2,1-3H3;1H4/q;+1;;. The molecule has 3 aliphatic rings. The van der Waals surface area contributed by atoms with E-state index in [1.807, 2.05) is 0 Å². The molecule has 3 fully saturated rings. The number of hydrogen-bond acceptors (Lipinski definition) is 5. The van der Waals surface area contributed by atoms with Crippen molar-refractivity contribution in [1.82, 2.24) is 24.5 Å². The van der Waals surface area contributed by atoms with Gasteiger partial charge in [0, 0.05) is 89.6 Å². The van der Waals surface area contributed by atoms with Gasteiger partial charge in [-0.2, -0.15) is 0 Å². The minimum atomic E-state index is 0. The van der Waals surface area contributed by atoms with E-state index in [1.165, 1.54) is 83.0 Å². The predicted molar refractivity (Wildman–Crippen MR) is 153 cm³/mol. The summed E-state index contributed by atoms with van der Waals surface area (Å²) in [5, 5.41) is 0. The molecular formula is C28H65N6+. The van der Waals surface area contributed by atoms with Crippen molar-refractivity contribution in [3.8, 4) is 0 Å². The summed E-state index contributed by atoms with van der Waals surface area (Å²) in [6.07, 6.45) is 0. The first-order valence-corrected chi connectivity index (χ1v) is 13.8. The van der Waals surface area contributed by atoms with Crippen LogP contribution in [0.25, 0.3) is 0 Å². The molecule has 0 spiro atoms. The van der Waals surface area contributed by atoms with Gasteiger partial charge in [-0.3, -0.25) is 19.6 Å². The van der Waals surface area contributed by atoms with Gasteiger partial charge in [-0.1, -0.05) is 7.43 Å². The number of likely N-dealkylation sites (N-methyl/N-ethyl adjacent to an activating group) is 2. The summed E-state index contributed by atoms with van der Waals surface area (Å²) in [7, 11) is 6.83. The SMILES string of the molecule is C.CC(C)N1CCN(C(C)C)CC1.CC(C)N1CCN(C)CC1.CC(C)N1CC[N+](C)(C)CC1. The molecule has 34 heavy (non-hydrogen) atoms. The fraction of sp³-hybridized carbons (Fsp3) is 1.00. The van der Waals surface area contributed by atoms with E-state index in [-0.39, 0.29) is 7.43 Å². The highest BCUT2D eigenvalue weighted by molar-refractivity contribution is 4.76. The van der Waals surface area contributed by atoms with Crippen molar-refractivity contribution in [2.24, 2.45) is 0 Å². The first-order chi connectivity index (χ1) is 15.3. The third kappa shape index (κ3) is 13.2. The summed E-state index contributed by atoms with van der Waals surface area (Å²) in [5.74, 6) is 0. The fourth-order valence-electron chi connectivity index (χ4n) is 4.65. The number of rotatable bonds is 4. The average Bonchev–Trinajstić information content (AvgIpc) is 2.74. The van der Waals surface area contributed by atoms with E-state index in [1.54, 1.807) is 0 Å². The van der Waals surface area contributed by atoms with Crippen LogP contribution in [-0.4, -0.2) is 153 Å². The Bertz CT molecular complexity index is 463. The Hall–Kier alpha value is -0.240. The fourth-order valence-corrected chi connectivity index (χ4v) is 4.65. The Morgan fingerprint density at radius 3 is 0.941 bits per heavy atom. The van der Waals surface area contributed by atoms with Crippen molar-refractivity contribution < 1.29 is 4.48 Å². The Morgan fingerprint density at radius 1 is 0.441 bits per heavy atom. The molecule has 0 N–H and O–H groups in total. The van der Waals surface area contributed by atoms with Crippen LogP contribution < -0.4 is 0 Å². The molecule has 0 aromatic rings. The molecule has 0 saturated carbocycles. The van der Waals surface area contributed by atoms with Crippen LogP contribution in [-0.2, 0) is 0 Å². The summed E-state index contributed by atoms with van der Waals surface area (Å²) in [4.78, 5) is 12.6. The smallest absolute Gasteiger partial charge is 0.0912 e. The summed E-state index contributed by atoms with van der Waals surface area (Å²) in [5.41, 5.74) is 0. The molecule has 0 amide bonds. The highest BCUT2D eigenvalue weighted by Gasteiger charge is 2.25. The van der Waals surface area contributed by atoms with Crippen molar-refractivity contribution in [1.29, 1.82) is 0 Å². The molecule has 6 heteroatoms. The van der Waals surface area contributed by atoms with E-state index in [0.29, 0.717) is 0 Å². The molecule has 0 atom stereocenters. The Labute approximate surface area is 215 Å². The normalized spacial score (nSPS) is 23.4. The Morgan fingerprint density at radius 2 is 0.676 bits per heavy atom. The van der Waals surface area contributed by atoms with Crippen LogP contribution in [0.1, 0.15) is 62.8 Å². The second kappa shape index (κ2) is 16.5. The average molecular weight is 486 g/mol. The number of piperazine rings is 3. The predicted octanol–water partition coefficient (Wildman–Crippen LogP) is 3.49. The quantitative estimate of drug-likeness (QED) is 0.565. The molecule has 3 saturated heterocycles. The minimum absolute atomic E-state index is 0. The van der Waals surface area contributed by atoms with Crippen molar-refractivity contribution in [2.45, 2.75) is 87.0 Å². The van der Waals surface area contributed by atoms with Gasteiger partial charge in [0.1, 0.15) is 0 Å². The summed E-state index contributed by atoms with van der Waals surface area (Å²) >= 11 is 0. The van der Waals surface area contributed by atoms with Crippen LogP contribution in [0.4, 0.5) is 0 Å². The maximum atomic E-state index is 2.56. The molecule has 0 bridgehead atoms. The van der Waals surface area contributed by atoms with Crippen LogP contribution in [0.5, 0.6) is 0 Å². The molecule has 206 valence electrons. The second-order valence-electron chi connectivity index (χ2n) is 12.2. The van der Waals surface area contributed by atoms with Gasteiger partial charge >= 0.3 is 0 Å². The third-order valence-electron chi connectivity index (χ3n) is 7.79. The highest BCUT2D eigenvalue weighted by atomic mass is 15.4. The lowest BCUT2D eigenvalue weighted by molar-refractivity contribution is -0.894. The highest BCUT2D eigenvalue weighted by Crippen LogP contribution is 2.09. The summed E-state index contributed by atoms with van der Waals surface area (Å²) in [6, 6.07) is 2.91. The van der Waals surface area contributed by atoms with Crippen LogP contribution in [0, 0.1) is 0 Å². The van der Waals surface area contributed by atoms with Gasteiger partial charge in [0.15, 0.2) is 0 Å². The van der Waals surface area contributed by atoms with Crippen LogP contribution in [0.2, 0.25) is 0 Å². The molecular weight excluding hydrogens is 420 g/mol. The first kappa shape index (κ1) is 33.8. The molecule has 0 aromatic carbocycles. The molecule has 3 heterocycles. The number of hydrogen-bond donors (Lipinski definition) is 0. The second-order valence-corrected chi connectivity index (χ2v) is 12.2. The monoisotopic (exact) mass is 486 g/mol. The minimum Gasteiger partial charge on any atom is -0.326 e. The van der Waals surface area contributed by atoms with E-state index >= 15 is 0 Å². The van der Waals surface area contributed by atoms with Crippen LogP contribution in [0.15, 0.2) is 0 Å². The van der Waals surface area contributed by atoms with Gasteiger partial charge in [-0.15, -0.1) is 0 Å². The van der Waals surface area contributed by atoms with Crippen LogP contribution >= 0.6 is 0 Å². The van der Waals surface area contributed by atoms with E-state index in [0.717, 1.165) is 24.2 Å². The van der Waals surface area contributed by atoms with Crippen molar-refractivity contribution in [3.05, 3.63) is 0 Å². The largest absolute Gasteiger partial charge is 0.326 e. The molecule has 0 aromatic heterocycles. The zero-order chi connectivity index (χ0) is 25.2. The van der Waals surface area contributed by atoms with Crippen LogP contribution in [0.3, 0.4) is 0 Å². The van der Waals surface area contributed by atoms with Gasteiger partial charge < -0.3 is 9.38 Å². The van der Waals surface area contributed by atoms with Gasteiger partial charge in [0.05, 0.1) is 27.2 Å². The molecule has 0 unspecified atom stereocenters. The Balaban J connectivity index is 0.000000475. The van der Waals surface area contributed by atoms with Crippen molar-refractivity contribution in [3.63, 3.8) is 0 Å². The molecule has 3 rings (SSSR count). The Kier molecular flexibility index (Phi) is 16.4. The summed E-state index contributed by atoms with van der Waals surface area (Å²) in [6.45, 7) is 33.3. The zero-order valence-electron chi connectivity index (χ0n) is 24.5. The van der Waals surface area contributed by atoms with E-state index < -0.39 is 0 Å². The molecule has 0 radical (unpaired) electrons. The topological polar surface area (TPSA) is 16.2 Å². The number of nitrogens with zero attached hydrogens (tertiary/aromatic N) is 6. The molecule has 0 aliphatic carbocycles. The van der Waals surface area contributed by atoms with Gasteiger partial charge in [0.25, 0.3) is 0 Å². The molecule has 6 nitrogen and oxygen atoms in total. The lowest BCUT2D eigenvalue weighted by atomic mass is 10.2. The van der Waals surface area contributed by atoms with Gasteiger partial charge in [-0.25, -0.2) is 0 Å². The third-order valence-corrected chi connectivity index (χ3v) is 7.79. The van der Waals surface area contributed by atoms with E-state index in [9.17, 15) is 0 Å². The lowest BCUT2D eigenvalue weighted by Crippen LogP contribution is -2.56. The van der Waals surface area contributed by atoms with Crippen molar-refractivity contribution >= 4 is 0 Å². The zero-order valence-corrected chi connectivity index (χ0v) is 24.5. The maximum absolute atomic E-state index is 2.56. The lowest BCUT2D eigenvalue weighted by Gasteiger charge is -2.40. The maximum Gasteiger partial charge on any atom is 0.0912 e. The van der Waals surface area contributed by atoms with E-state index in [4.69, 9.17) is 0 Å². The molecule has 3 aliphatic heterocycles. The first-order valence-electron chi connectivity index (χ1n) is 13.8. The van der Waals surface area contributed by atoms with Gasteiger partial charge in [0.2, 0.25) is 0 Å². The van der Waals surface area contributed by atoms with Crippen molar-refractivity contribution in [2.75, 3.05) is 99.7 Å². The van der Waals surface area contributed by atoms with Gasteiger partial charge in [-0.05, 0) is 62.4 Å². The number of quaternary nitrogens is 1.